The van der Waals surface area contributed by atoms with Gasteiger partial charge in [-0.1, -0.05) is 12.1 Å². The highest BCUT2D eigenvalue weighted by Gasteiger charge is 2.10. The molecule has 2 aromatic rings. The molecule has 0 saturated carbocycles. The van der Waals surface area contributed by atoms with Crippen molar-refractivity contribution in [2.75, 3.05) is 0 Å². The second-order valence-electron chi connectivity index (χ2n) is 3.23. The van der Waals surface area contributed by atoms with Gasteiger partial charge in [0.2, 0.25) is 0 Å². The fourth-order valence-electron chi connectivity index (χ4n) is 1.45. The van der Waals surface area contributed by atoms with Crippen LogP contribution in [0, 0.1) is 12.7 Å². The Hall–Kier alpha value is -1.48. The van der Waals surface area contributed by atoms with E-state index in [9.17, 15) is 9.18 Å². The van der Waals surface area contributed by atoms with Crippen LogP contribution in [0.1, 0.15) is 15.2 Å². The summed E-state index contributed by atoms with van der Waals surface area (Å²) in [6, 6.07) is 8.54. The van der Waals surface area contributed by atoms with Gasteiger partial charge < -0.3 is 0 Å². The van der Waals surface area contributed by atoms with E-state index in [1.807, 2.05) is 19.1 Å². The lowest BCUT2D eigenvalue weighted by Gasteiger charge is -2.02. The average Bonchev–Trinajstić information content (AvgIpc) is 2.64. The molecule has 1 aromatic heterocycles. The lowest BCUT2D eigenvalue weighted by Crippen LogP contribution is -1.90. The minimum absolute atomic E-state index is 0.138. The quantitative estimate of drug-likeness (QED) is 0.706. The number of rotatable bonds is 2. The fraction of sp³-hybridized carbons (Fsp3) is 0.0833. The van der Waals surface area contributed by atoms with Crippen molar-refractivity contribution >= 4 is 17.6 Å². The van der Waals surface area contributed by atoms with E-state index in [1.165, 1.54) is 6.07 Å². The molecule has 0 aliphatic heterocycles. The monoisotopic (exact) mass is 220 g/mol. The first-order valence-corrected chi connectivity index (χ1v) is 5.34. The zero-order chi connectivity index (χ0) is 10.8. The Morgan fingerprint density at radius 2 is 2.07 bits per heavy atom. The van der Waals surface area contributed by atoms with Gasteiger partial charge >= 0.3 is 0 Å². The lowest BCUT2D eigenvalue weighted by atomic mass is 10.1. The van der Waals surface area contributed by atoms with Gasteiger partial charge in [-0.2, -0.15) is 0 Å². The molecule has 0 bridgehead atoms. The van der Waals surface area contributed by atoms with Gasteiger partial charge in [-0.25, -0.2) is 4.39 Å². The van der Waals surface area contributed by atoms with Crippen LogP contribution >= 0.6 is 11.3 Å². The van der Waals surface area contributed by atoms with Crippen LogP contribution in [0.2, 0.25) is 0 Å². The molecular weight excluding hydrogens is 211 g/mol. The van der Waals surface area contributed by atoms with Gasteiger partial charge in [0, 0.05) is 15.3 Å². The standard InChI is InChI=1S/C12H9FOS/c1-8-5-6-12(15-8)9-3-2-4-11(13)10(9)7-14/h2-7H,1H3. The first-order chi connectivity index (χ1) is 7.22. The largest absolute Gasteiger partial charge is 0.298 e. The van der Waals surface area contributed by atoms with Gasteiger partial charge in [0.15, 0.2) is 6.29 Å². The number of aldehydes is 1. The Kier molecular flexibility index (Phi) is 2.64. The summed E-state index contributed by atoms with van der Waals surface area (Å²) in [7, 11) is 0. The highest BCUT2D eigenvalue weighted by molar-refractivity contribution is 7.15. The number of carbonyl (C=O) groups is 1. The number of hydrogen-bond acceptors (Lipinski definition) is 2. The van der Waals surface area contributed by atoms with E-state index >= 15 is 0 Å². The Morgan fingerprint density at radius 3 is 2.67 bits per heavy atom. The predicted molar refractivity (Wildman–Crippen MR) is 59.8 cm³/mol. The maximum Gasteiger partial charge on any atom is 0.153 e. The molecule has 76 valence electrons. The summed E-state index contributed by atoms with van der Waals surface area (Å²) in [5, 5.41) is 0. The van der Waals surface area contributed by atoms with Crippen LogP contribution in [0.4, 0.5) is 4.39 Å². The second-order valence-corrected chi connectivity index (χ2v) is 4.52. The zero-order valence-corrected chi connectivity index (χ0v) is 8.98. The molecule has 0 atom stereocenters. The third-order valence-electron chi connectivity index (χ3n) is 2.18. The molecular formula is C12H9FOS. The van der Waals surface area contributed by atoms with Crippen molar-refractivity contribution in [2.45, 2.75) is 6.92 Å². The van der Waals surface area contributed by atoms with Crippen LogP contribution in [0.5, 0.6) is 0 Å². The lowest BCUT2D eigenvalue weighted by molar-refractivity contribution is 0.112. The first-order valence-electron chi connectivity index (χ1n) is 4.53. The van der Waals surface area contributed by atoms with E-state index in [4.69, 9.17) is 0 Å². The average molecular weight is 220 g/mol. The van der Waals surface area contributed by atoms with Crippen molar-refractivity contribution in [2.24, 2.45) is 0 Å². The van der Waals surface area contributed by atoms with Crippen LogP contribution in [0.3, 0.4) is 0 Å². The molecule has 0 fully saturated rings. The van der Waals surface area contributed by atoms with Crippen molar-refractivity contribution in [1.29, 1.82) is 0 Å². The first kappa shape index (κ1) is 10.1. The van der Waals surface area contributed by atoms with Crippen molar-refractivity contribution in [3.05, 3.63) is 46.6 Å². The molecule has 2 rings (SSSR count). The Balaban J connectivity index is 2.62. The summed E-state index contributed by atoms with van der Waals surface area (Å²) < 4.78 is 13.3. The van der Waals surface area contributed by atoms with Crippen LogP contribution in [-0.2, 0) is 0 Å². The highest BCUT2D eigenvalue weighted by Crippen LogP contribution is 2.30. The molecule has 1 nitrogen and oxygen atoms in total. The van der Waals surface area contributed by atoms with Crippen LogP contribution in [0.15, 0.2) is 30.3 Å². The molecule has 0 N–H and O–H groups in total. The molecule has 15 heavy (non-hydrogen) atoms. The fourth-order valence-corrected chi connectivity index (χ4v) is 2.36. The second kappa shape index (κ2) is 3.95. The van der Waals surface area contributed by atoms with Crippen molar-refractivity contribution < 1.29 is 9.18 Å². The van der Waals surface area contributed by atoms with Gasteiger partial charge in [-0.3, -0.25) is 4.79 Å². The van der Waals surface area contributed by atoms with Gasteiger partial charge in [0.25, 0.3) is 0 Å². The van der Waals surface area contributed by atoms with E-state index in [1.54, 1.807) is 23.5 Å². The molecule has 3 heteroatoms. The van der Waals surface area contributed by atoms with Crippen molar-refractivity contribution in [3.8, 4) is 10.4 Å². The zero-order valence-electron chi connectivity index (χ0n) is 8.16. The summed E-state index contributed by atoms with van der Waals surface area (Å²) in [6.45, 7) is 1.98. The maximum atomic E-state index is 13.3. The third kappa shape index (κ3) is 1.83. The minimum atomic E-state index is -0.464. The SMILES string of the molecule is Cc1ccc(-c2cccc(F)c2C=O)s1. The molecule has 0 unspecified atom stereocenters. The summed E-state index contributed by atoms with van der Waals surface area (Å²) >= 11 is 1.55. The minimum Gasteiger partial charge on any atom is -0.298 e. The summed E-state index contributed by atoms with van der Waals surface area (Å²) in [4.78, 5) is 12.9. The number of hydrogen-bond donors (Lipinski definition) is 0. The summed E-state index contributed by atoms with van der Waals surface area (Å²) in [6.07, 6.45) is 0.569. The molecule has 1 heterocycles. The van der Waals surface area contributed by atoms with E-state index in [2.05, 4.69) is 0 Å². The Bertz CT molecular complexity index is 502. The summed E-state index contributed by atoms with van der Waals surface area (Å²) in [5.74, 6) is -0.464. The van der Waals surface area contributed by atoms with Gasteiger partial charge in [0.1, 0.15) is 5.82 Å². The van der Waals surface area contributed by atoms with E-state index in [0.717, 1.165) is 9.75 Å². The van der Waals surface area contributed by atoms with Crippen molar-refractivity contribution in [3.63, 3.8) is 0 Å². The van der Waals surface area contributed by atoms with E-state index < -0.39 is 5.82 Å². The number of benzene rings is 1. The Labute approximate surface area is 91.2 Å². The number of carbonyl (C=O) groups excluding carboxylic acids is 1. The van der Waals surface area contributed by atoms with Crippen LogP contribution in [0.25, 0.3) is 10.4 Å². The van der Waals surface area contributed by atoms with Crippen molar-refractivity contribution in [1.82, 2.24) is 0 Å². The van der Waals surface area contributed by atoms with E-state index in [0.29, 0.717) is 11.8 Å². The Morgan fingerprint density at radius 1 is 1.27 bits per heavy atom. The summed E-state index contributed by atoms with van der Waals surface area (Å²) in [5.41, 5.74) is 0.808. The third-order valence-corrected chi connectivity index (χ3v) is 3.21. The normalized spacial score (nSPS) is 10.3. The molecule has 0 aliphatic rings. The molecule has 0 saturated heterocycles. The predicted octanol–water partition coefficient (Wildman–Crippen LogP) is 3.68. The molecule has 0 amide bonds. The van der Waals surface area contributed by atoms with Gasteiger partial charge in [-0.05, 0) is 25.1 Å². The molecule has 0 aliphatic carbocycles. The smallest absolute Gasteiger partial charge is 0.153 e. The van der Waals surface area contributed by atoms with E-state index in [-0.39, 0.29) is 5.56 Å². The van der Waals surface area contributed by atoms with Crippen LogP contribution < -0.4 is 0 Å². The maximum absolute atomic E-state index is 13.3. The number of halogens is 1. The highest BCUT2D eigenvalue weighted by atomic mass is 32.1. The van der Waals surface area contributed by atoms with Crippen LogP contribution in [-0.4, -0.2) is 6.29 Å². The number of aryl methyl sites for hydroxylation is 1. The number of thiophene rings is 1. The molecule has 1 aromatic carbocycles. The van der Waals surface area contributed by atoms with Gasteiger partial charge in [0.05, 0.1) is 5.56 Å². The molecule has 0 radical (unpaired) electrons. The molecule has 0 spiro atoms. The van der Waals surface area contributed by atoms with Gasteiger partial charge in [-0.15, -0.1) is 11.3 Å². The topological polar surface area (TPSA) is 17.1 Å².